The lowest BCUT2D eigenvalue weighted by Gasteiger charge is -1.97. The van der Waals surface area contributed by atoms with Gasteiger partial charge in [-0.1, -0.05) is 66.9 Å². The number of rotatable bonds is 1. The highest BCUT2D eigenvalue weighted by Gasteiger charge is 1.90. The van der Waals surface area contributed by atoms with E-state index in [9.17, 15) is 0 Å². The van der Waals surface area contributed by atoms with E-state index in [1.54, 1.807) is 0 Å². The average Bonchev–Trinajstić information content (AvgIpc) is 2.38. The van der Waals surface area contributed by atoms with Crippen LogP contribution in [-0.2, 0) is 0 Å². The Balaban J connectivity index is -0.000000212. The van der Waals surface area contributed by atoms with Crippen LogP contribution in [0.25, 0.3) is 0 Å². The molecule has 18 heavy (non-hydrogen) atoms. The molecule has 0 saturated carbocycles. The summed E-state index contributed by atoms with van der Waals surface area (Å²) in [6, 6.07) is 2.14. The molecule has 0 amide bonds. The maximum Gasteiger partial charge on any atom is 0.0401 e. The molecule has 0 aromatic carbocycles. The topological polar surface area (TPSA) is 12.9 Å². The lowest BCUT2D eigenvalue weighted by atomic mass is 10.2. The van der Waals surface area contributed by atoms with Crippen molar-refractivity contribution in [3.05, 3.63) is 29.1 Å². The second-order valence-corrected chi connectivity index (χ2v) is 4.12. The SMILES string of the molecule is CC.CCC.CCCC.Cc1cnc(C)c(C)c1. The highest BCUT2D eigenvalue weighted by atomic mass is 14.7. The van der Waals surface area contributed by atoms with E-state index in [2.05, 4.69) is 52.6 Å². The zero-order valence-electron chi connectivity index (χ0n) is 14.2. The molecule has 0 spiro atoms. The summed E-state index contributed by atoms with van der Waals surface area (Å²) in [4.78, 5) is 4.18. The van der Waals surface area contributed by atoms with Gasteiger partial charge in [-0.3, -0.25) is 4.98 Å². The van der Waals surface area contributed by atoms with Crippen molar-refractivity contribution >= 4 is 0 Å². The molecule has 108 valence electrons. The second-order valence-electron chi connectivity index (χ2n) is 4.12. The number of nitrogens with zero attached hydrogens (tertiary/aromatic N) is 1. The summed E-state index contributed by atoms with van der Waals surface area (Å²) in [5.41, 5.74) is 3.63. The highest BCUT2D eigenvalue weighted by molar-refractivity contribution is 5.21. The fourth-order valence-corrected chi connectivity index (χ4v) is 0.784. The molecule has 1 heterocycles. The summed E-state index contributed by atoms with van der Waals surface area (Å²) in [6.07, 6.45) is 5.78. The van der Waals surface area contributed by atoms with E-state index >= 15 is 0 Å². The van der Waals surface area contributed by atoms with Gasteiger partial charge in [-0.15, -0.1) is 0 Å². The van der Waals surface area contributed by atoms with Gasteiger partial charge in [-0.25, -0.2) is 0 Å². The Kier molecular flexibility index (Phi) is 23.0. The Bertz CT molecular complexity index is 252. The van der Waals surface area contributed by atoms with E-state index in [4.69, 9.17) is 0 Å². The first kappa shape index (κ1) is 22.3. The monoisotopic (exact) mass is 253 g/mol. The quantitative estimate of drug-likeness (QED) is 0.576. The summed E-state index contributed by atoms with van der Waals surface area (Å²) in [5, 5.41) is 0. The van der Waals surface area contributed by atoms with Gasteiger partial charge in [-0.05, 0) is 31.9 Å². The van der Waals surface area contributed by atoms with Crippen molar-refractivity contribution in [1.29, 1.82) is 0 Å². The van der Waals surface area contributed by atoms with E-state index in [0.717, 1.165) is 5.69 Å². The van der Waals surface area contributed by atoms with Gasteiger partial charge >= 0.3 is 0 Å². The van der Waals surface area contributed by atoms with Crippen LogP contribution < -0.4 is 0 Å². The molecule has 0 saturated heterocycles. The number of hydrogen-bond donors (Lipinski definition) is 0. The summed E-state index contributed by atoms with van der Waals surface area (Å²) >= 11 is 0. The zero-order valence-corrected chi connectivity index (χ0v) is 14.2. The van der Waals surface area contributed by atoms with Crippen molar-refractivity contribution < 1.29 is 0 Å². The molecule has 0 bridgehead atoms. The van der Waals surface area contributed by atoms with E-state index in [0.29, 0.717) is 0 Å². The van der Waals surface area contributed by atoms with Crippen molar-refractivity contribution in [2.75, 3.05) is 0 Å². The third-order valence-corrected chi connectivity index (χ3v) is 1.98. The molecule has 0 aliphatic rings. The lowest BCUT2D eigenvalue weighted by Crippen LogP contribution is -1.85. The van der Waals surface area contributed by atoms with Gasteiger partial charge < -0.3 is 0 Å². The minimum Gasteiger partial charge on any atom is -0.261 e. The van der Waals surface area contributed by atoms with Crippen LogP contribution in [0, 0.1) is 20.8 Å². The first-order chi connectivity index (χ1) is 8.53. The number of hydrogen-bond acceptors (Lipinski definition) is 1. The standard InChI is InChI=1S/C8H11N.C4H10.C3H8.C2H6/c1-6-4-7(2)8(3)9-5-6;1-3-4-2;1-3-2;1-2/h4-5H,1-3H3;3-4H2,1-2H3;3H2,1-2H3;1-2H3. The van der Waals surface area contributed by atoms with Crippen LogP contribution in [0.3, 0.4) is 0 Å². The zero-order chi connectivity index (χ0) is 15.0. The number of aromatic nitrogens is 1. The van der Waals surface area contributed by atoms with E-state index in [1.165, 1.54) is 30.4 Å². The second kappa shape index (κ2) is 18.5. The minimum absolute atomic E-state index is 1.13. The molecule has 0 unspecified atom stereocenters. The lowest BCUT2D eigenvalue weighted by molar-refractivity contribution is 0.886. The van der Waals surface area contributed by atoms with Crippen LogP contribution >= 0.6 is 0 Å². The molecule has 1 aromatic heterocycles. The molecule has 1 aromatic rings. The minimum atomic E-state index is 1.13. The fourth-order valence-electron chi connectivity index (χ4n) is 0.784. The van der Waals surface area contributed by atoms with Crippen LogP contribution in [0.5, 0.6) is 0 Å². The summed E-state index contributed by atoms with van der Waals surface area (Å²) in [7, 11) is 0. The molecule has 0 fully saturated rings. The smallest absolute Gasteiger partial charge is 0.0401 e. The third kappa shape index (κ3) is 17.5. The predicted molar refractivity (Wildman–Crippen MR) is 86.3 cm³/mol. The predicted octanol–water partition coefficient (Wildman–Crippen LogP) is 6.26. The molecular weight excluding hydrogens is 218 g/mol. The molecule has 1 heteroatoms. The summed E-state index contributed by atoms with van der Waals surface area (Å²) < 4.78 is 0. The first-order valence-corrected chi connectivity index (χ1v) is 7.43. The van der Waals surface area contributed by atoms with Gasteiger partial charge in [0.2, 0.25) is 0 Å². The van der Waals surface area contributed by atoms with E-state index < -0.39 is 0 Å². The summed E-state index contributed by atoms with van der Waals surface area (Å²) in [5.74, 6) is 0. The molecule has 0 radical (unpaired) electrons. The highest BCUT2D eigenvalue weighted by Crippen LogP contribution is 2.03. The Hall–Kier alpha value is -0.850. The molecule has 1 nitrogen and oxygen atoms in total. The Morgan fingerprint density at radius 2 is 1.28 bits per heavy atom. The molecule has 0 atom stereocenters. The van der Waals surface area contributed by atoms with Gasteiger partial charge in [0.05, 0.1) is 0 Å². The van der Waals surface area contributed by atoms with Crippen molar-refractivity contribution in [2.24, 2.45) is 0 Å². The van der Waals surface area contributed by atoms with Crippen molar-refractivity contribution in [2.45, 2.75) is 81.6 Å². The molecule has 0 aliphatic heterocycles. The molecule has 0 aliphatic carbocycles. The van der Waals surface area contributed by atoms with Crippen molar-refractivity contribution in [3.8, 4) is 0 Å². The van der Waals surface area contributed by atoms with E-state index in [1.807, 2.05) is 27.0 Å². The number of pyridine rings is 1. The summed E-state index contributed by atoms with van der Waals surface area (Å²) in [6.45, 7) is 18.8. The molecular formula is C17H35N. The average molecular weight is 253 g/mol. The maximum absolute atomic E-state index is 4.18. The normalized spacial score (nSPS) is 7.83. The Morgan fingerprint density at radius 1 is 0.889 bits per heavy atom. The number of aryl methyl sites for hydroxylation is 3. The Morgan fingerprint density at radius 3 is 1.50 bits per heavy atom. The maximum atomic E-state index is 4.18. The van der Waals surface area contributed by atoms with Gasteiger partial charge in [0.25, 0.3) is 0 Å². The largest absolute Gasteiger partial charge is 0.261 e. The fraction of sp³-hybridized carbons (Fsp3) is 0.706. The molecule has 1 rings (SSSR count). The van der Waals surface area contributed by atoms with Crippen LogP contribution in [0.15, 0.2) is 12.3 Å². The van der Waals surface area contributed by atoms with Crippen molar-refractivity contribution in [3.63, 3.8) is 0 Å². The third-order valence-electron chi connectivity index (χ3n) is 1.98. The first-order valence-electron chi connectivity index (χ1n) is 7.43. The molecule has 0 N–H and O–H groups in total. The van der Waals surface area contributed by atoms with Crippen molar-refractivity contribution in [1.82, 2.24) is 4.98 Å². The number of unbranched alkanes of at least 4 members (excludes halogenated alkanes) is 1. The van der Waals surface area contributed by atoms with Gasteiger partial charge in [0.1, 0.15) is 0 Å². The van der Waals surface area contributed by atoms with Crippen LogP contribution in [0.2, 0.25) is 0 Å². The van der Waals surface area contributed by atoms with Crippen LogP contribution in [0.1, 0.15) is 77.6 Å². The van der Waals surface area contributed by atoms with Gasteiger partial charge in [0.15, 0.2) is 0 Å². The van der Waals surface area contributed by atoms with Gasteiger partial charge in [0, 0.05) is 11.9 Å². The Labute approximate surface area is 116 Å². The van der Waals surface area contributed by atoms with Gasteiger partial charge in [-0.2, -0.15) is 0 Å². The van der Waals surface area contributed by atoms with Crippen LogP contribution in [0.4, 0.5) is 0 Å². The van der Waals surface area contributed by atoms with E-state index in [-0.39, 0.29) is 0 Å². The van der Waals surface area contributed by atoms with Crippen LogP contribution in [-0.4, -0.2) is 4.98 Å².